The van der Waals surface area contributed by atoms with Crippen molar-refractivity contribution < 1.29 is 19.4 Å². The molecule has 0 spiro atoms. The number of aromatic nitrogens is 1. The number of carbonyl (C=O) groups excluding carboxylic acids is 2. The largest absolute Gasteiger partial charge is 0.507 e. The van der Waals surface area contributed by atoms with Gasteiger partial charge in [-0.2, -0.15) is 0 Å². The summed E-state index contributed by atoms with van der Waals surface area (Å²) in [5, 5.41) is 11.3. The first-order valence-corrected chi connectivity index (χ1v) is 12.9. The van der Waals surface area contributed by atoms with Crippen molar-refractivity contribution in [1.29, 1.82) is 0 Å². The Hall–Kier alpha value is -4.13. The Labute approximate surface area is 217 Å². The van der Waals surface area contributed by atoms with Gasteiger partial charge in [0.1, 0.15) is 17.6 Å². The molecule has 190 valence electrons. The van der Waals surface area contributed by atoms with Crippen molar-refractivity contribution in [2.75, 3.05) is 29.5 Å². The summed E-state index contributed by atoms with van der Waals surface area (Å²) in [6.07, 6.45) is 6.09. The van der Waals surface area contributed by atoms with Crippen molar-refractivity contribution >= 4 is 28.8 Å². The van der Waals surface area contributed by atoms with E-state index >= 15 is 0 Å². The molecule has 0 bridgehead atoms. The molecule has 7 heteroatoms. The van der Waals surface area contributed by atoms with E-state index in [2.05, 4.69) is 9.88 Å². The number of ether oxygens (including phenoxy) is 1. The van der Waals surface area contributed by atoms with E-state index in [0.717, 1.165) is 25.2 Å². The van der Waals surface area contributed by atoms with Crippen molar-refractivity contribution in [2.45, 2.75) is 38.6 Å². The Bertz CT molecular complexity index is 1280. The van der Waals surface area contributed by atoms with Gasteiger partial charge >= 0.3 is 0 Å². The standard InChI is InChI=1S/C30H31N3O4/c1-2-20-37-24-15-9-21(10-16-24)28(34)26-27(25-8-4-5-17-31-25)33(30(36)29(26)35)23-13-11-22(12-14-23)32-18-6-3-7-19-32/h4-5,8-17,27,34H,2-3,6-7,18-20H2,1H3/b28-26+. The fourth-order valence-corrected chi connectivity index (χ4v) is 4.98. The van der Waals surface area contributed by atoms with E-state index in [-0.39, 0.29) is 11.3 Å². The lowest BCUT2D eigenvalue weighted by Crippen LogP contribution is -2.31. The summed E-state index contributed by atoms with van der Waals surface area (Å²) in [6, 6.07) is 19.1. The Morgan fingerprint density at radius 3 is 2.30 bits per heavy atom. The first-order chi connectivity index (χ1) is 18.1. The zero-order valence-electron chi connectivity index (χ0n) is 21.0. The summed E-state index contributed by atoms with van der Waals surface area (Å²) in [7, 11) is 0. The molecule has 5 rings (SSSR count). The maximum atomic E-state index is 13.4. The lowest BCUT2D eigenvalue weighted by Gasteiger charge is -2.30. The third-order valence-corrected chi connectivity index (χ3v) is 6.86. The van der Waals surface area contributed by atoms with Crippen LogP contribution in [0.25, 0.3) is 5.76 Å². The molecule has 1 unspecified atom stereocenters. The van der Waals surface area contributed by atoms with E-state index in [0.29, 0.717) is 29.3 Å². The number of anilines is 2. The van der Waals surface area contributed by atoms with Crippen LogP contribution in [0.4, 0.5) is 11.4 Å². The smallest absolute Gasteiger partial charge is 0.300 e. The molecule has 1 N–H and O–H groups in total. The van der Waals surface area contributed by atoms with Crippen LogP contribution in [-0.2, 0) is 9.59 Å². The number of amides is 1. The maximum absolute atomic E-state index is 13.4. The minimum absolute atomic E-state index is 0.0195. The predicted molar refractivity (Wildman–Crippen MR) is 144 cm³/mol. The number of aliphatic hydroxyl groups excluding tert-OH is 1. The average Bonchev–Trinajstić information content (AvgIpc) is 3.22. The van der Waals surface area contributed by atoms with Gasteiger partial charge in [0.25, 0.3) is 11.7 Å². The summed E-state index contributed by atoms with van der Waals surface area (Å²) < 4.78 is 5.63. The molecule has 7 nitrogen and oxygen atoms in total. The third kappa shape index (κ3) is 4.94. The van der Waals surface area contributed by atoms with Gasteiger partial charge in [-0.25, -0.2) is 0 Å². The van der Waals surface area contributed by atoms with Crippen molar-refractivity contribution in [1.82, 2.24) is 4.98 Å². The molecule has 1 aromatic heterocycles. The topological polar surface area (TPSA) is 83.0 Å². The normalized spacial score (nSPS) is 19.3. The number of benzene rings is 2. The summed E-state index contributed by atoms with van der Waals surface area (Å²) in [5.74, 6) is -0.984. The number of Topliss-reactive ketones (excluding diaryl/α,β-unsaturated/α-hetero) is 1. The molecule has 0 aliphatic carbocycles. The van der Waals surface area contributed by atoms with Crippen LogP contribution in [0.1, 0.15) is 49.9 Å². The Morgan fingerprint density at radius 1 is 0.946 bits per heavy atom. The average molecular weight is 498 g/mol. The molecule has 2 aliphatic heterocycles. The number of pyridine rings is 1. The first kappa shape index (κ1) is 24.6. The number of carbonyl (C=O) groups is 2. The summed E-state index contributed by atoms with van der Waals surface area (Å²) in [6.45, 7) is 4.64. The number of ketones is 1. The van der Waals surface area contributed by atoms with Crippen LogP contribution in [0, 0.1) is 0 Å². The molecule has 1 atom stereocenters. The van der Waals surface area contributed by atoms with E-state index in [1.54, 1.807) is 42.6 Å². The lowest BCUT2D eigenvalue weighted by atomic mass is 9.98. The Morgan fingerprint density at radius 2 is 1.65 bits per heavy atom. The molecule has 0 saturated carbocycles. The second-order valence-electron chi connectivity index (χ2n) is 9.36. The van der Waals surface area contributed by atoms with Crippen molar-refractivity contribution in [3.05, 3.63) is 89.8 Å². The van der Waals surface area contributed by atoms with Crippen LogP contribution in [0.15, 0.2) is 78.5 Å². The van der Waals surface area contributed by atoms with Gasteiger partial charge in [0.2, 0.25) is 0 Å². The van der Waals surface area contributed by atoms with Gasteiger partial charge in [0, 0.05) is 36.2 Å². The third-order valence-electron chi connectivity index (χ3n) is 6.86. The fraction of sp³-hybridized carbons (Fsp3) is 0.300. The molecule has 1 amide bonds. The van der Waals surface area contributed by atoms with Crippen LogP contribution in [0.5, 0.6) is 5.75 Å². The van der Waals surface area contributed by atoms with Gasteiger partial charge in [-0.3, -0.25) is 19.5 Å². The highest BCUT2D eigenvalue weighted by Crippen LogP contribution is 2.42. The molecule has 2 fully saturated rings. The number of aliphatic hydroxyl groups is 1. The predicted octanol–water partition coefficient (Wildman–Crippen LogP) is 5.49. The van der Waals surface area contributed by atoms with Crippen LogP contribution in [0.2, 0.25) is 0 Å². The second kappa shape index (κ2) is 10.9. The minimum atomic E-state index is -0.849. The maximum Gasteiger partial charge on any atom is 0.300 e. The Kier molecular flexibility index (Phi) is 7.21. The van der Waals surface area contributed by atoms with Gasteiger partial charge in [-0.1, -0.05) is 13.0 Å². The van der Waals surface area contributed by atoms with Gasteiger partial charge < -0.3 is 14.7 Å². The molecule has 37 heavy (non-hydrogen) atoms. The van der Waals surface area contributed by atoms with E-state index in [1.807, 2.05) is 37.3 Å². The molecule has 3 heterocycles. The van der Waals surface area contributed by atoms with Crippen LogP contribution in [-0.4, -0.2) is 41.5 Å². The van der Waals surface area contributed by atoms with E-state index in [4.69, 9.17) is 4.74 Å². The van der Waals surface area contributed by atoms with Gasteiger partial charge in [-0.15, -0.1) is 0 Å². The zero-order valence-corrected chi connectivity index (χ0v) is 21.0. The summed E-state index contributed by atoms with van der Waals surface area (Å²) >= 11 is 0. The number of hydrogen-bond acceptors (Lipinski definition) is 6. The van der Waals surface area contributed by atoms with E-state index in [9.17, 15) is 14.7 Å². The first-order valence-electron chi connectivity index (χ1n) is 12.9. The molecular formula is C30H31N3O4. The molecule has 2 aliphatic rings. The van der Waals surface area contributed by atoms with Crippen LogP contribution >= 0.6 is 0 Å². The summed E-state index contributed by atoms with van der Waals surface area (Å²) in [4.78, 5) is 34.9. The highest BCUT2D eigenvalue weighted by atomic mass is 16.5. The lowest BCUT2D eigenvalue weighted by molar-refractivity contribution is -0.132. The van der Waals surface area contributed by atoms with Crippen molar-refractivity contribution in [2.24, 2.45) is 0 Å². The van der Waals surface area contributed by atoms with E-state index < -0.39 is 17.7 Å². The van der Waals surface area contributed by atoms with Gasteiger partial charge in [-0.05, 0) is 86.3 Å². The monoisotopic (exact) mass is 497 g/mol. The molecule has 2 saturated heterocycles. The van der Waals surface area contributed by atoms with E-state index in [1.165, 1.54) is 24.2 Å². The second-order valence-corrected chi connectivity index (χ2v) is 9.36. The van der Waals surface area contributed by atoms with Crippen molar-refractivity contribution in [3.8, 4) is 5.75 Å². The highest BCUT2D eigenvalue weighted by molar-refractivity contribution is 6.51. The summed E-state index contributed by atoms with van der Waals surface area (Å²) in [5.41, 5.74) is 2.64. The van der Waals surface area contributed by atoms with Crippen molar-refractivity contribution in [3.63, 3.8) is 0 Å². The fourth-order valence-electron chi connectivity index (χ4n) is 4.98. The van der Waals surface area contributed by atoms with Gasteiger partial charge in [0.15, 0.2) is 0 Å². The SMILES string of the molecule is CCCOc1ccc(/C(O)=C2\C(=O)C(=O)N(c3ccc(N4CCCCC4)cc3)C2c2ccccn2)cc1. The number of rotatable bonds is 7. The molecule has 2 aromatic carbocycles. The zero-order chi connectivity index (χ0) is 25.8. The number of piperidine rings is 1. The number of hydrogen-bond donors (Lipinski definition) is 1. The highest BCUT2D eigenvalue weighted by Gasteiger charge is 2.47. The minimum Gasteiger partial charge on any atom is -0.507 e. The number of nitrogens with zero attached hydrogens (tertiary/aromatic N) is 3. The molecule has 3 aromatic rings. The van der Waals surface area contributed by atoms with Crippen LogP contribution in [0.3, 0.4) is 0 Å². The van der Waals surface area contributed by atoms with Gasteiger partial charge in [0.05, 0.1) is 17.9 Å². The van der Waals surface area contributed by atoms with Crippen LogP contribution < -0.4 is 14.5 Å². The molecular weight excluding hydrogens is 466 g/mol. The quantitative estimate of drug-likeness (QED) is 0.264. The Balaban J connectivity index is 1.53. The molecule has 0 radical (unpaired) electrons.